The summed E-state index contributed by atoms with van der Waals surface area (Å²) in [5.74, 6) is 0.00650. The second kappa shape index (κ2) is 5.77. The molecule has 2 atom stereocenters. The number of aliphatic hydroxyl groups excluding tert-OH is 1. The van der Waals surface area contributed by atoms with Gasteiger partial charge in [0.2, 0.25) is 0 Å². The molecule has 6 heteroatoms. The molecule has 5 nitrogen and oxygen atoms in total. The fourth-order valence-electron chi connectivity index (χ4n) is 2.29. The van der Waals surface area contributed by atoms with Crippen molar-refractivity contribution in [2.75, 3.05) is 13.1 Å². The van der Waals surface area contributed by atoms with Crippen LogP contribution >= 0.6 is 15.9 Å². The lowest BCUT2D eigenvalue weighted by atomic mass is 9.98. The van der Waals surface area contributed by atoms with Crippen molar-refractivity contribution in [2.45, 2.75) is 38.9 Å². The van der Waals surface area contributed by atoms with Gasteiger partial charge in [-0.1, -0.05) is 0 Å². The molecule has 1 aliphatic heterocycles. The van der Waals surface area contributed by atoms with E-state index in [0.717, 1.165) is 5.56 Å². The minimum absolute atomic E-state index is 0.00650. The van der Waals surface area contributed by atoms with Gasteiger partial charge in [-0.05, 0) is 54.8 Å². The highest BCUT2D eigenvalue weighted by atomic mass is 79.9. The highest BCUT2D eigenvalue weighted by Crippen LogP contribution is 2.25. The Morgan fingerprint density at radius 2 is 2.25 bits per heavy atom. The predicted molar refractivity (Wildman–Crippen MR) is 77.4 cm³/mol. The predicted octanol–water partition coefficient (Wildman–Crippen LogP) is 2.81. The number of furan rings is 1. The molecule has 0 spiro atoms. The second-order valence-corrected chi connectivity index (χ2v) is 6.96. The van der Waals surface area contributed by atoms with Gasteiger partial charge in [-0.15, -0.1) is 0 Å². The molecule has 1 saturated heterocycles. The van der Waals surface area contributed by atoms with Crippen molar-refractivity contribution in [1.29, 1.82) is 0 Å². The van der Waals surface area contributed by atoms with Gasteiger partial charge < -0.3 is 19.2 Å². The molecule has 2 heterocycles. The Bertz CT molecular complexity index is 480. The van der Waals surface area contributed by atoms with Crippen LogP contribution in [0.2, 0.25) is 0 Å². The fraction of sp³-hybridized carbons (Fsp3) is 0.643. The molecule has 0 unspecified atom stereocenters. The summed E-state index contributed by atoms with van der Waals surface area (Å²) in [5.41, 5.74) is 0.488. The van der Waals surface area contributed by atoms with Gasteiger partial charge in [0.05, 0.1) is 18.9 Å². The maximum atomic E-state index is 12.0. The van der Waals surface area contributed by atoms with Crippen molar-refractivity contribution in [2.24, 2.45) is 5.92 Å². The van der Waals surface area contributed by atoms with E-state index < -0.39 is 11.7 Å². The number of rotatable bonds is 2. The monoisotopic (exact) mass is 345 g/mol. The van der Waals surface area contributed by atoms with E-state index in [1.165, 1.54) is 0 Å². The first kappa shape index (κ1) is 15.4. The van der Waals surface area contributed by atoms with Crippen molar-refractivity contribution in [1.82, 2.24) is 4.90 Å². The Balaban J connectivity index is 1.93. The molecule has 2 rings (SSSR count). The van der Waals surface area contributed by atoms with Crippen LogP contribution in [0.3, 0.4) is 0 Å². The van der Waals surface area contributed by atoms with Crippen LogP contribution in [0.4, 0.5) is 4.79 Å². The van der Waals surface area contributed by atoms with Crippen LogP contribution in [0.5, 0.6) is 0 Å². The third-order valence-corrected chi connectivity index (χ3v) is 3.59. The lowest BCUT2D eigenvalue weighted by molar-refractivity contribution is 0.0270. The van der Waals surface area contributed by atoms with Crippen molar-refractivity contribution >= 4 is 22.0 Å². The standard InChI is InChI=1S/C14H20BrNO4/c1-14(2,3)20-13(18)16-6-10(11(17)7-16)4-9-5-12(15)19-8-9/h5,8,10-11,17H,4,6-7H2,1-3H3/t10-,11-/m1/s1. The van der Waals surface area contributed by atoms with Crippen LogP contribution in [0.25, 0.3) is 0 Å². The van der Waals surface area contributed by atoms with E-state index in [9.17, 15) is 9.90 Å². The van der Waals surface area contributed by atoms with Crippen LogP contribution in [-0.4, -0.2) is 40.9 Å². The number of β-amino-alcohol motifs (C(OH)–C–C–N with tert-alkyl or cyclic N) is 1. The van der Waals surface area contributed by atoms with Crippen molar-refractivity contribution in [3.05, 3.63) is 22.6 Å². The van der Waals surface area contributed by atoms with Crippen LogP contribution in [-0.2, 0) is 11.2 Å². The zero-order valence-electron chi connectivity index (χ0n) is 11.9. The van der Waals surface area contributed by atoms with Gasteiger partial charge in [-0.2, -0.15) is 0 Å². The molecule has 1 aliphatic rings. The van der Waals surface area contributed by atoms with Gasteiger partial charge in [0, 0.05) is 12.5 Å². The zero-order chi connectivity index (χ0) is 14.9. The number of aliphatic hydroxyl groups is 1. The van der Waals surface area contributed by atoms with Gasteiger partial charge in [0.25, 0.3) is 0 Å². The number of likely N-dealkylation sites (tertiary alicyclic amines) is 1. The molecular formula is C14H20BrNO4. The number of carbonyl (C=O) groups is 1. The van der Waals surface area contributed by atoms with Gasteiger partial charge in [0.1, 0.15) is 5.60 Å². The number of amides is 1. The zero-order valence-corrected chi connectivity index (χ0v) is 13.5. The van der Waals surface area contributed by atoms with Crippen LogP contribution in [0.1, 0.15) is 26.3 Å². The van der Waals surface area contributed by atoms with E-state index in [-0.39, 0.29) is 12.0 Å². The average Bonchev–Trinajstić information content (AvgIpc) is 2.85. The summed E-state index contributed by atoms with van der Waals surface area (Å²) in [6.07, 6.45) is 1.44. The lowest BCUT2D eigenvalue weighted by Crippen LogP contribution is -2.35. The number of hydrogen-bond acceptors (Lipinski definition) is 4. The van der Waals surface area contributed by atoms with Crippen LogP contribution in [0.15, 0.2) is 21.4 Å². The summed E-state index contributed by atoms with van der Waals surface area (Å²) in [7, 11) is 0. The normalized spacial score (nSPS) is 23.1. The first-order valence-corrected chi connectivity index (χ1v) is 7.43. The summed E-state index contributed by atoms with van der Waals surface area (Å²) in [6.45, 7) is 6.31. The lowest BCUT2D eigenvalue weighted by Gasteiger charge is -2.24. The quantitative estimate of drug-likeness (QED) is 0.895. The molecular weight excluding hydrogens is 326 g/mol. The Labute approximate surface area is 127 Å². The van der Waals surface area contributed by atoms with Gasteiger partial charge >= 0.3 is 6.09 Å². The largest absolute Gasteiger partial charge is 0.457 e. The second-order valence-electron chi connectivity index (χ2n) is 6.18. The number of halogens is 1. The van der Waals surface area contributed by atoms with E-state index in [4.69, 9.17) is 9.15 Å². The van der Waals surface area contributed by atoms with E-state index in [0.29, 0.717) is 24.2 Å². The number of hydrogen-bond donors (Lipinski definition) is 1. The summed E-state index contributed by atoms with van der Waals surface area (Å²) in [6, 6.07) is 1.88. The summed E-state index contributed by atoms with van der Waals surface area (Å²) >= 11 is 3.25. The first-order chi connectivity index (χ1) is 9.24. The topological polar surface area (TPSA) is 62.9 Å². The molecule has 0 bridgehead atoms. The Morgan fingerprint density at radius 1 is 1.55 bits per heavy atom. The number of carbonyl (C=O) groups excluding carboxylic acids is 1. The number of nitrogens with zero attached hydrogens (tertiary/aromatic N) is 1. The van der Waals surface area contributed by atoms with E-state index >= 15 is 0 Å². The van der Waals surface area contributed by atoms with E-state index in [1.54, 1.807) is 11.2 Å². The Kier molecular flexibility index (Phi) is 4.44. The Hall–Kier alpha value is -1.01. The SMILES string of the molecule is CC(C)(C)OC(=O)N1C[C@@H](Cc2coc(Br)c2)[C@H](O)C1. The molecule has 1 amide bonds. The van der Waals surface area contributed by atoms with Crippen LogP contribution < -0.4 is 0 Å². The van der Waals surface area contributed by atoms with E-state index in [2.05, 4.69) is 15.9 Å². The highest BCUT2D eigenvalue weighted by Gasteiger charge is 2.36. The summed E-state index contributed by atoms with van der Waals surface area (Å²) < 4.78 is 11.2. The molecule has 20 heavy (non-hydrogen) atoms. The molecule has 1 aromatic heterocycles. The molecule has 1 N–H and O–H groups in total. The molecule has 1 fully saturated rings. The van der Waals surface area contributed by atoms with Crippen molar-refractivity contribution < 1.29 is 19.1 Å². The molecule has 112 valence electrons. The maximum absolute atomic E-state index is 12.0. The average molecular weight is 346 g/mol. The molecule has 0 radical (unpaired) electrons. The maximum Gasteiger partial charge on any atom is 0.410 e. The summed E-state index contributed by atoms with van der Waals surface area (Å²) in [4.78, 5) is 13.5. The molecule has 1 aromatic rings. The molecule has 0 aliphatic carbocycles. The van der Waals surface area contributed by atoms with Gasteiger partial charge in [-0.3, -0.25) is 0 Å². The number of ether oxygens (including phenoxy) is 1. The fourth-order valence-corrected chi connectivity index (χ4v) is 2.67. The Morgan fingerprint density at radius 3 is 2.80 bits per heavy atom. The minimum Gasteiger partial charge on any atom is -0.457 e. The van der Waals surface area contributed by atoms with Gasteiger partial charge in [-0.25, -0.2) is 4.79 Å². The smallest absolute Gasteiger partial charge is 0.410 e. The van der Waals surface area contributed by atoms with Crippen molar-refractivity contribution in [3.8, 4) is 0 Å². The van der Waals surface area contributed by atoms with Gasteiger partial charge in [0.15, 0.2) is 4.67 Å². The first-order valence-electron chi connectivity index (χ1n) is 6.63. The highest BCUT2D eigenvalue weighted by molar-refractivity contribution is 9.10. The third-order valence-electron chi connectivity index (χ3n) is 3.18. The molecule has 0 saturated carbocycles. The third kappa shape index (κ3) is 3.99. The minimum atomic E-state index is -0.531. The molecule has 0 aromatic carbocycles. The van der Waals surface area contributed by atoms with Crippen molar-refractivity contribution in [3.63, 3.8) is 0 Å². The van der Waals surface area contributed by atoms with Crippen LogP contribution in [0, 0.1) is 5.92 Å². The summed E-state index contributed by atoms with van der Waals surface area (Å²) in [5, 5.41) is 10.1. The van der Waals surface area contributed by atoms with E-state index in [1.807, 2.05) is 26.8 Å².